The van der Waals surface area contributed by atoms with Crippen LogP contribution in [0, 0.1) is 0 Å². The van der Waals surface area contributed by atoms with Crippen molar-refractivity contribution >= 4 is 7.60 Å². The maximum absolute atomic E-state index is 12.0. The Balaban J connectivity index is 4.11. The van der Waals surface area contributed by atoms with E-state index in [-0.39, 0.29) is 6.16 Å². The molecule has 0 rings (SSSR count). The Labute approximate surface area is 105 Å². The normalized spacial score (nSPS) is 14.4. The van der Waals surface area contributed by atoms with Crippen molar-refractivity contribution in [1.82, 2.24) is 0 Å². The third-order valence-corrected chi connectivity index (χ3v) is 4.15. The number of allylic oxidation sites excluding steroid dienone is 1. The molecule has 0 aromatic carbocycles. The topological polar surface area (TPSA) is 55.8 Å². The average molecular weight is 264 g/mol. The summed E-state index contributed by atoms with van der Waals surface area (Å²) in [6.45, 7) is 6.37. The molecule has 0 spiro atoms. The summed E-state index contributed by atoms with van der Waals surface area (Å²) in [7, 11) is -3.00. The lowest BCUT2D eigenvalue weighted by Gasteiger charge is -2.15. The van der Waals surface area contributed by atoms with E-state index in [1.165, 1.54) is 0 Å². The van der Waals surface area contributed by atoms with Crippen LogP contribution in [0.25, 0.3) is 0 Å². The molecule has 0 radical (unpaired) electrons. The molecule has 0 fully saturated rings. The molecule has 1 atom stereocenters. The van der Waals surface area contributed by atoms with E-state index in [0.29, 0.717) is 13.2 Å². The lowest BCUT2D eigenvalue weighted by Crippen LogP contribution is -2.03. The fourth-order valence-corrected chi connectivity index (χ4v) is 2.84. The molecule has 0 unspecified atom stereocenters. The van der Waals surface area contributed by atoms with E-state index in [0.717, 1.165) is 19.3 Å². The molecule has 0 bridgehead atoms. The van der Waals surface area contributed by atoms with Crippen LogP contribution >= 0.6 is 7.60 Å². The maximum atomic E-state index is 12.0. The van der Waals surface area contributed by atoms with E-state index in [1.54, 1.807) is 26.0 Å². The first-order valence-electron chi connectivity index (χ1n) is 6.30. The SMILES string of the molecule is CCCC[C@@H](O)/C=C/CP(=O)(OCC)OCC. The van der Waals surface area contributed by atoms with Gasteiger partial charge < -0.3 is 14.2 Å². The van der Waals surface area contributed by atoms with E-state index >= 15 is 0 Å². The second-order valence-corrected chi connectivity index (χ2v) is 5.87. The molecule has 0 aliphatic rings. The number of unbranched alkanes of at least 4 members (excludes halogenated alkanes) is 1. The Morgan fingerprint density at radius 2 is 1.82 bits per heavy atom. The molecule has 17 heavy (non-hydrogen) atoms. The monoisotopic (exact) mass is 264 g/mol. The van der Waals surface area contributed by atoms with Crippen molar-refractivity contribution in [3.63, 3.8) is 0 Å². The molecule has 0 aromatic rings. The third-order valence-electron chi connectivity index (χ3n) is 2.19. The van der Waals surface area contributed by atoms with Gasteiger partial charge >= 0.3 is 7.60 Å². The van der Waals surface area contributed by atoms with Crippen molar-refractivity contribution in [2.24, 2.45) is 0 Å². The minimum Gasteiger partial charge on any atom is -0.389 e. The van der Waals surface area contributed by atoms with Gasteiger partial charge in [-0.05, 0) is 20.3 Å². The molecule has 0 saturated carbocycles. The Morgan fingerprint density at radius 1 is 1.24 bits per heavy atom. The van der Waals surface area contributed by atoms with Gasteiger partial charge in [0.1, 0.15) is 0 Å². The highest BCUT2D eigenvalue weighted by atomic mass is 31.2. The van der Waals surface area contributed by atoms with Crippen LogP contribution in [0.5, 0.6) is 0 Å². The van der Waals surface area contributed by atoms with Gasteiger partial charge in [0.25, 0.3) is 0 Å². The predicted molar refractivity (Wildman–Crippen MR) is 70.4 cm³/mol. The van der Waals surface area contributed by atoms with Crippen LogP contribution in [0.3, 0.4) is 0 Å². The van der Waals surface area contributed by atoms with Gasteiger partial charge in [0.05, 0.1) is 25.5 Å². The van der Waals surface area contributed by atoms with Gasteiger partial charge in [0, 0.05) is 0 Å². The number of hydrogen-bond acceptors (Lipinski definition) is 4. The number of aliphatic hydroxyl groups is 1. The van der Waals surface area contributed by atoms with E-state index in [9.17, 15) is 9.67 Å². The zero-order chi connectivity index (χ0) is 13.1. The van der Waals surface area contributed by atoms with Crippen LogP contribution in [0.4, 0.5) is 0 Å². The van der Waals surface area contributed by atoms with Crippen molar-refractivity contribution < 1.29 is 18.7 Å². The molecule has 102 valence electrons. The molecule has 1 N–H and O–H groups in total. The summed E-state index contributed by atoms with van der Waals surface area (Å²) >= 11 is 0. The minimum atomic E-state index is -3.00. The van der Waals surface area contributed by atoms with Gasteiger partial charge in [0.2, 0.25) is 0 Å². The molecule has 0 aliphatic carbocycles. The van der Waals surface area contributed by atoms with Crippen LogP contribution < -0.4 is 0 Å². The molecule has 5 heteroatoms. The summed E-state index contributed by atoms with van der Waals surface area (Å²) in [4.78, 5) is 0. The molecule has 4 nitrogen and oxygen atoms in total. The zero-order valence-corrected chi connectivity index (χ0v) is 12.0. The van der Waals surface area contributed by atoms with Crippen molar-refractivity contribution in [3.8, 4) is 0 Å². The second-order valence-electron chi connectivity index (χ2n) is 3.77. The van der Waals surface area contributed by atoms with Gasteiger partial charge in [-0.15, -0.1) is 0 Å². The van der Waals surface area contributed by atoms with Gasteiger partial charge in [-0.3, -0.25) is 4.57 Å². The summed E-state index contributed by atoms with van der Waals surface area (Å²) in [5, 5.41) is 9.58. The molecular formula is C12H25O4P. The lowest BCUT2D eigenvalue weighted by molar-refractivity contribution is 0.208. The first-order chi connectivity index (χ1) is 8.08. The first kappa shape index (κ1) is 16.9. The summed E-state index contributed by atoms with van der Waals surface area (Å²) in [6, 6.07) is 0. The maximum Gasteiger partial charge on any atom is 0.334 e. The average Bonchev–Trinajstić information content (AvgIpc) is 2.27. The van der Waals surface area contributed by atoms with Crippen molar-refractivity contribution in [2.45, 2.75) is 46.1 Å². The fourth-order valence-electron chi connectivity index (χ4n) is 1.39. The smallest absolute Gasteiger partial charge is 0.334 e. The number of aliphatic hydroxyl groups excluding tert-OH is 1. The van der Waals surface area contributed by atoms with Gasteiger partial charge in [-0.2, -0.15) is 0 Å². The largest absolute Gasteiger partial charge is 0.389 e. The summed E-state index contributed by atoms with van der Waals surface area (Å²) in [6.07, 6.45) is 5.89. The standard InChI is InChI=1S/C12H25O4P/c1-4-7-9-12(13)10-8-11-17(14,15-5-2)16-6-3/h8,10,12-13H,4-7,9,11H2,1-3H3/b10-8+/t12-/m1/s1. The molecule has 0 aliphatic heterocycles. The predicted octanol–water partition coefficient (Wildman–Crippen LogP) is 3.36. The Kier molecular flexibility index (Phi) is 9.75. The molecular weight excluding hydrogens is 239 g/mol. The van der Waals surface area contributed by atoms with Crippen molar-refractivity contribution in [3.05, 3.63) is 12.2 Å². The minimum absolute atomic E-state index is 0.220. The molecule has 0 amide bonds. The van der Waals surface area contributed by atoms with Gasteiger partial charge in [-0.25, -0.2) is 0 Å². The second kappa shape index (κ2) is 9.84. The van der Waals surface area contributed by atoms with Crippen LogP contribution in [0.1, 0.15) is 40.0 Å². The van der Waals surface area contributed by atoms with Crippen molar-refractivity contribution in [2.75, 3.05) is 19.4 Å². The van der Waals surface area contributed by atoms with Gasteiger partial charge in [0.15, 0.2) is 0 Å². The Bertz CT molecular complexity index is 243. The fraction of sp³-hybridized carbons (Fsp3) is 0.833. The molecule has 0 heterocycles. The first-order valence-corrected chi connectivity index (χ1v) is 8.03. The number of rotatable bonds is 10. The summed E-state index contributed by atoms with van der Waals surface area (Å²) in [5.74, 6) is 0. The zero-order valence-electron chi connectivity index (χ0n) is 11.1. The number of hydrogen-bond donors (Lipinski definition) is 1. The third kappa shape index (κ3) is 8.56. The van der Waals surface area contributed by atoms with E-state index < -0.39 is 13.7 Å². The summed E-state index contributed by atoms with van der Waals surface area (Å²) in [5.41, 5.74) is 0. The highest BCUT2D eigenvalue weighted by molar-refractivity contribution is 7.54. The Hall–Kier alpha value is -0.150. The Morgan fingerprint density at radius 3 is 2.29 bits per heavy atom. The molecule has 0 saturated heterocycles. The molecule has 0 aromatic heterocycles. The quantitative estimate of drug-likeness (QED) is 0.485. The van der Waals surface area contributed by atoms with Crippen LogP contribution in [0.15, 0.2) is 12.2 Å². The van der Waals surface area contributed by atoms with Crippen LogP contribution in [-0.2, 0) is 13.6 Å². The lowest BCUT2D eigenvalue weighted by atomic mass is 10.1. The van der Waals surface area contributed by atoms with E-state index in [4.69, 9.17) is 9.05 Å². The van der Waals surface area contributed by atoms with Gasteiger partial charge in [-0.1, -0.05) is 31.9 Å². The highest BCUT2D eigenvalue weighted by Crippen LogP contribution is 2.47. The van der Waals surface area contributed by atoms with Crippen LogP contribution in [-0.4, -0.2) is 30.6 Å². The van der Waals surface area contributed by atoms with E-state index in [1.807, 2.05) is 0 Å². The van der Waals surface area contributed by atoms with Crippen molar-refractivity contribution in [1.29, 1.82) is 0 Å². The summed E-state index contributed by atoms with van der Waals surface area (Å²) < 4.78 is 22.3. The van der Waals surface area contributed by atoms with E-state index in [2.05, 4.69) is 6.92 Å². The van der Waals surface area contributed by atoms with Crippen LogP contribution in [0.2, 0.25) is 0 Å². The highest BCUT2D eigenvalue weighted by Gasteiger charge is 2.21.